The highest BCUT2D eigenvalue weighted by atomic mass is 16.5. The monoisotopic (exact) mass is 222 g/mol. The Bertz CT molecular complexity index is 347. The number of carbonyl (C=O) groups is 1. The van der Waals surface area contributed by atoms with Gasteiger partial charge in [-0.2, -0.15) is 0 Å². The van der Waals surface area contributed by atoms with Crippen LogP contribution in [0.5, 0.6) is 5.75 Å². The number of amides is 1. The van der Waals surface area contributed by atoms with Crippen LogP contribution >= 0.6 is 0 Å². The number of primary amides is 1. The van der Waals surface area contributed by atoms with Crippen LogP contribution in [0.3, 0.4) is 0 Å². The average Bonchev–Trinajstić information content (AvgIpc) is 2.16. The number of ether oxygens (including phenoxy) is 1. The molecule has 0 spiro atoms. The molecule has 0 unspecified atom stereocenters. The minimum atomic E-state index is -0.394. The van der Waals surface area contributed by atoms with Crippen LogP contribution in [-0.2, 0) is 4.79 Å². The number of benzene rings is 1. The van der Waals surface area contributed by atoms with Crippen molar-refractivity contribution in [3.8, 4) is 5.75 Å². The van der Waals surface area contributed by atoms with Gasteiger partial charge in [0.1, 0.15) is 5.75 Å². The average molecular weight is 222 g/mol. The summed E-state index contributed by atoms with van der Waals surface area (Å²) < 4.78 is 5.50. The minimum absolute atomic E-state index is 0.144. The Morgan fingerprint density at radius 2 is 1.88 bits per heavy atom. The fourth-order valence-corrected chi connectivity index (χ4v) is 1.40. The topological polar surface area (TPSA) is 78.3 Å². The highest BCUT2D eigenvalue weighted by molar-refractivity contribution is 5.74. The summed E-state index contributed by atoms with van der Waals surface area (Å²) in [5.41, 5.74) is 11.8. The Morgan fingerprint density at radius 3 is 2.31 bits per heavy atom. The van der Waals surface area contributed by atoms with Crippen molar-refractivity contribution in [3.63, 3.8) is 0 Å². The molecule has 0 saturated heterocycles. The van der Waals surface area contributed by atoms with Gasteiger partial charge in [0.2, 0.25) is 5.91 Å². The molecule has 88 valence electrons. The summed E-state index contributed by atoms with van der Waals surface area (Å²) in [6, 6.07) is 7.05. The van der Waals surface area contributed by atoms with Gasteiger partial charge in [0.05, 0.1) is 6.10 Å². The van der Waals surface area contributed by atoms with E-state index in [2.05, 4.69) is 0 Å². The molecule has 4 nitrogen and oxygen atoms in total. The molecule has 0 aliphatic rings. The van der Waals surface area contributed by atoms with Crippen LogP contribution < -0.4 is 16.2 Å². The predicted molar refractivity (Wildman–Crippen MR) is 62.9 cm³/mol. The second-order valence-corrected chi connectivity index (χ2v) is 4.01. The molecule has 0 aliphatic heterocycles. The molecule has 0 heterocycles. The van der Waals surface area contributed by atoms with Gasteiger partial charge in [0, 0.05) is 12.5 Å². The van der Waals surface area contributed by atoms with E-state index in [1.54, 1.807) is 0 Å². The van der Waals surface area contributed by atoms with Crippen molar-refractivity contribution in [2.24, 2.45) is 11.5 Å². The predicted octanol–water partition coefficient (Wildman–Crippen LogP) is 1.35. The Kier molecular flexibility index (Phi) is 4.31. The zero-order valence-electron chi connectivity index (χ0n) is 9.64. The van der Waals surface area contributed by atoms with E-state index in [9.17, 15) is 4.79 Å². The van der Waals surface area contributed by atoms with Crippen LogP contribution in [0.25, 0.3) is 0 Å². The summed E-state index contributed by atoms with van der Waals surface area (Å²) in [6.45, 7) is 3.93. The van der Waals surface area contributed by atoms with Gasteiger partial charge in [-0.1, -0.05) is 12.1 Å². The van der Waals surface area contributed by atoms with E-state index in [0.29, 0.717) is 0 Å². The highest BCUT2D eigenvalue weighted by Gasteiger charge is 2.09. The lowest BCUT2D eigenvalue weighted by Crippen LogP contribution is -2.20. The minimum Gasteiger partial charge on any atom is -0.491 e. The van der Waals surface area contributed by atoms with Crippen molar-refractivity contribution < 1.29 is 9.53 Å². The summed E-state index contributed by atoms with van der Waals surface area (Å²) in [7, 11) is 0. The molecule has 1 rings (SSSR count). The summed E-state index contributed by atoms with van der Waals surface area (Å²) in [5.74, 6) is 0.403. The second-order valence-electron chi connectivity index (χ2n) is 4.01. The standard InChI is InChI=1S/C12H18N2O2/c1-8(2)16-10-5-3-9(4-6-10)11(13)7-12(14)15/h3-6,8,11H,7,13H2,1-2H3,(H2,14,15)/t11-/m1/s1. The lowest BCUT2D eigenvalue weighted by Gasteiger charge is -2.12. The van der Waals surface area contributed by atoms with Crippen molar-refractivity contribution in [1.82, 2.24) is 0 Å². The van der Waals surface area contributed by atoms with Gasteiger partial charge in [0.15, 0.2) is 0 Å². The molecule has 1 amide bonds. The first kappa shape index (κ1) is 12.5. The molecule has 1 aromatic carbocycles. The van der Waals surface area contributed by atoms with Crippen molar-refractivity contribution >= 4 is 5.91 Å². The third kappa shape index (κ3) is 3.90. The zero-order chi connectivity index (χ0) is 12.1. The van der Waals surface area contributed by atoms with Gasteiger partial charge in [-0.25, -0.2) is 0 Å². The first-order valence-electron chi connectivity index (χ1n) is 5.29. The maximum absolute atomic E-state index is 10.7. The summed E-state index contributed by atoms with van der Waals surface area (Å²) in [6.07, 6.45) is 0.301. The van der Waals surface area contributed by atoms with E-state index >= 15 is 0 Å². The van der Waals surface area contributed by atoms with Crippen molar-refractivity contribution in [2.75, 3.05) is 0 Å². The molecule has 0 bridgehead atoms. The molecular weight excluding hydrogens is 204 g/mol. The van der Waals surface area contributed by atoms with Crippen LogP contribution in [0, 0.1) is 0 Å². The van der Waals surface area contributed by atoms with E-state index < -0.39 is 5.91 Å². The number of hydrogen-bond acceptors (Lipinski definition) is 3. The SMILES string of the molecule is CC(C)Oc1ccc([C@H](N)CC(N)=O)cc1. The van der Waals surface area contributed by atoms with Crippen LogP contribution in [0.2, 0.25) is 0 Å². The fraction of sp³-hybridized carbons (Fsp3) is 0.417. The summed E-state index contributed by atoms with van der Waals surface area (Å²) in [4.78, 5) is 10.7. The van der Waals surface area contributed by atoms with Gasteiger partial charge >= 0.3 is 0 Å². The van der Waals surface area contributed by atoms with E-state index in [1.807, 2.05) is 38.1 Å². The molecule has 0 aromatic heterocycles. The maximum Gasteiger partial charge on any atom is 0.219 e. The van der Waals surface area contributed by atoms with Gasteiger partial charge < -0.3 is 16.2 Å². The van der Waals surface area contributed by atoms with Gasteiger partial charge in [-0.15, -0.1) is 0 Å². The molecule has 1 atom stereocenters. The Balaban J connectivity index is 2.66. The molecule has 0 saturated carbocycles. The molecule has 4 N–H and O–H groups in total. The normalized spacial score (nSPS) is 12.5. The lowest BCUT2D eigenvalue weighted by molar-refractivity contribution is -0.118. The fourth-order valence-electron chi connectivity index (χ4n) is 1.40. The first-order valence-corrected chi connectivity index (χ1v) is 5.29. The van der Waals surface area contributed by atoms with Crippen molar-refractivity contribution in [1.29, 1.82) is 0 Å². The van der Waals surface area contributed by atoms with E-state index in [0.717, 1.165) is 11.3 Å². The molecule has 0 aliphatic carbocycles. The molecule has 0 fully saturated rings. The van der Waals surface area contributed by atoms with E-state index in [1.165, 1.54) is 0 Å². The van der Waals surface area contributed by atoms with Crippen molar-refractivity contribution in [2.45, 2.75) is 32.4 Å². The van der Waals surface area contributed by atoms with Crippen LogP contribution in [0.15, 0.2) is 24.3 Å². The number of carbonyl (C=O) groups excluding carboxylic acids is 1. The van der Waals surface area contributed by atoms with E-state index in [-0.39, 0.29) is 18.6 Å². The molecule has 4 heteroatoms. The highest BCUT2D eigenvalue weighted by Crippen LogP contribution is 2.19. The van der Waals surface area contributed by atoms with E-state index in [4.69, 9.17) is 16.2 Å². The molecular formula is C12H18N2O2. The second kappa shape index (κ2) is 5.51. The van der Waals surface area contributed by atoms with Crippen LogP contribution in [-0.4, -0.2) is 12.0 Å². The van der Waals surface area contributed by atoms with Gasteiger partial charge in [-0.3, -0.25) is 4.79 Å². The number of nitrogens with two attached hydrogens (primary N) is 2. The zero-order valence-corrected chi connectivity index (χ0v) is 9.64. The molecule has 0 radical (unpaired) electrons. The van der Waals surface area contributed by atoms with Gasteiger partial charge in [0.25, 0.3) is 0 Å². The first-order chi connectivity index (χ1) is 7.49. The van der Waals surface area contributed by atoms with Gasteiger partial charge in [-0.05, 0) is 31.5 Å². The van der Waals surface area contributed by atoms with Crippen LogP contribution in [0.1, 0.15) is 31.9 Å². The van der Waals surface area contributed by atoms with Crippen molar-refractivity contribution in [3.05, 3.63) is 29.8 Å². The Hall–Kier alpha value is -1.55. The number of rotatable bonds is 5. The lowest BCUT2D eigenvalue weighted by atomic mass is 10.0. The molecule has 1 aromatic rings. The third-order valence-corrected chi connectivity index (χ3v) is 2.10. The maximum atomic E-state index is 10.7. The summed E-state index contributed by atoms with van der Waals surface area (Å²) in [5, 5.41) is 0. The Morgan fingerprint density at radius 1 is 1.31 bits per heavy atom. The smallest absolute Gasteiger partial charge is 0.219 e. The summed E-state index contributed by atoms with van der Waals surface area (Å²) >= 11 is 0. The Labute approximate surface area is 95.6 Å². The molecule has 16 heavy (non-hydrogen) atoms. The number of hydrogen-bond donors (Lipinski definition) is 2. The largest absolute Gasteiger partial charge is 0.491 e. The quantitative estimate of drug-likeness (QED) is 0.789. The third-order valence-electron chi connectivity index (χ3n) is 2.10. The van der Waals surface area contributed by atoms with Crippen LogP contribution in [0.4, 0.5) is 0 Å².